The number of allylic oxidation sites excluding steroid dienone is 2. The van der Waals surface area contributed by atoms with E-state index in [-0.39, 0.29) is 0 Å². The largest absolute Gasteiger partial charge is 0.304 e. The van der Waals surface area contributed by atoms with Gasteiger partial charge in [0.2, 0.25) is 0 Å². The molecule has 3 fully saturated rings. The zero-order valence-corrected chi connectivity index (χ0v) is 16.5. The number of rotatable bonds is 2. The molecule has 0 aromatic carbocycles. The van der Waals surface area contributed by atoms with Gasteiger partial charge in [0, 0.05) is 5.71 Å². The lowest BCUT2D eigenvalue weighted by Crippen LogP contribution is -2.47. The van der Waals surface area contributed by atoms with Gasteiger partial charge in [-0.05, 0) is 97.9 Å². The van der Waals surface area contributed by atoms with Crippen molar-refractivity contribution in [2.24, 2.45) is 40.9 Å². The number of hydrogen-bond donors (Lipinski definition) is 1. The molecule has 4 aliphatic carbocycles. The van der Waals surface area contributed by atoms with Crippen molar-refractivity contribution in [3.05, 3.63) is 10.6 Å². The highest BCUT2D eigenvalue weighted by Gasteiger charge is 2.59. The lowest BCUT2D eigenvalue weighted by atomic mass is 9.50. The zero-order valence-electron chi connectivity index (χ0n) is 15.7. The fourth-order valence-electron chi connectivity index (χ4n) is 8.02. The molecule has 0 radical (unpaired) electrons. The Kier molecular flexibility index (Phi) is 4.39. The van der Waals surface area contributed by atoms with Crippen LogP contribution in [0.4, 0.5) is 0 Å². The first-order valence-electron chi connectivity index (χ1n) is 10.5. The smallest absolute Gasteiger partial charge is 0.0608 e. The van der Waals surface area contributed by atoms with Gasteiger partial charge >= 0.3 is 0 Å². The Balaban J connectivity index is 1.67. The summed E-state index contributed by atoms with van der Waals surface area (Å²) >= 11 is 6.56. The van der Waals surface area contributed by atoms with Gasteiger partial charge in [0.15, 0.2) is 0 Å². The summed E-state index contributed by atoms with van der Waals surface area (Å²) in [4.78, 5) is 0. The fourth-order valence-corrected chi connectivity index (χ4v) is 8.35. The second-order valence-electron chi connectivity index (χ2n) is 9.29. The molecule has 3 saturated carbocycles. The van der Waals surface area contributed by atoms with Crippen molar-refractivity contribution in [2.75, 3.05) is 0 Å². The second-order valence-corrected chi connectivity index (χ2v) is 9.67. The molecule has 4 rings (SSSR count). The summed E-state index contributed by atoms with van der Waals surface area (Å²) in [6.45, 7) is 7.44. The average molecular weight is 348 g/mol. The van der Waals surface area contributed by atoms with Gasteiger partial charge < -0.3 is 5.41 Å². The van der Waals surface area contributed by atoms with Gasteiger partial charge in [-0.15, -0.1) is 0 Å². The van der Waals surface area contributed by atoms with Crippen LogP contribution >= 0.6 is 11.6 Å². The fraction of sp³-hybridized carbons (Fsp3) is 0.864. The first kappa shape index (κ1) is 17.1. The maximum absolute atomic E-state index is 8.12. The summed E-state index contributed by atoms with van der Waals surface area (Å²) in [6, 6.07) is 0. The Bertz CT molecular complexity index is 564. The van der Waals surface area contributed by atoms with Gasteiger partial charge in [0.25, 0.3) is 0 Å². The molecule has 2 heteroatoms. The molecule has 0 aromatic rings. The average Bonchev–Trinajstić information content (AvgIpc) is 2.89. The highest BCUT2D eigenvalue weighted by molar-refractivity contribution is 6.43. The highest BCUT2D eigenvalue weighted by Crippen LogP contribution is 2.67. The van der Waals surface area contributed by atoms with Crippen LogP contribution in [0, 0.1) is 46.3 Å². The molecule has 0 saturated heterocycles. The van der Waals surface area contributed by atoms with E-state index >= 15 is 0 Å². The van der Waals surface area contributed by atoms with Crippen molar-refractivity contribution in [3.8, 4) is 0 Å². The summed E-state index contributed by atoms with van der Waals surface area (Å²) in [7, 11) is 0. The van der Waals surface area contributed by atoms with Crippen molar-refractivity contribution in [1.82, 2.24) is 0 Å². The standard InChI is InChI=1S/C22H34ClN/c1-4-18-13(3)12-19-16-6-7-17-14(8-9-20(24)21(17)23)15(16)10-11-22(18,19)5-2/h13-16,18-19,24H,4-12H2,1-3H3/t13-,14?,15?,16?,18?,19?,22?/m1/s1. The minimum atomic E-state index is 0.641. The second kappa shape index (κ2) is 6.15. The van der Waals surface area contributed by atoms with Crippen molar-refractivity contribution >= 4 is 17.3 Å². The van der Waals surface area contributed by atoms with E-state index in [1.54, 1.807) is 0 Å². The summed E-state index contributed by atoms with van der Waals surface area (Å²) in [5, 5.41) is 8.97. The number of hydrogen-bond acceptors (Lipinski definition) is 1. The Labute approximate surface area is 153 Å². The molecule has 0 spiro atoms. The summed E-state index contributed by atoms with van der Waals surface area (Å²) in [6.07, 6.45) is 11.7. The molecular weight excluding hydrogens is 314 g/mol. The predicted octanol–water partition coefficient (Wildman–Crippen LogP) is 6.81. The Morgan fingerprint density at radius 2 is 1.92 bits per heavy atom. The van der Waals surface area contributed by atoms with Gasteiger partial charge in [-0.2, -0.15) is 0 Å². The van der Waals surface area contributed by atoms with Gasteiger partial charge in [0.05, 0.1) is 5.03 Å². The van der Waals surface area contributed by atoms with Crippen molar-refractivity contribution < 1.29 is 0 Å². The summed E-state index contributed by atoms with van der Waals surface area (Å²) in [5.74, 6) is 5.33. The topological polar surface area (TPSA) is 23.9 Å². The molecule has 134 valence electrons. The highest BCUT2D eigenvalue weighted by atomic mass is 35.5. The normalized spacial score (nSPS) is 48.1. The number of halogens is 1. The molecule has 0 bridgehead atoms. The van der Waals surface area contributed by atoms with E-state index in [9.17, 15) is 0 Å². The SMILES string of the molecule is CCC1[C@H](C)CC2C3CCC4=C(Cl)C(=N)CCC4C3CCC21CC. The molecule has 0 aliphatic heterocycles. The minimum Gasteiger partial charge on any atom is -0.304 e. The van der Waals surface area contributed by atoms with Crippen molar-refractivity contribution in [2.45, 2.75) is 78.6 Å². The van der Waals surface area contributed by atoms with Crippen molar-refractivity contribution in [1.29, 1.82) is 5.41 Å². The van der Waals surface area contributed by atoms with Gasteiger partial charge in [0.1, 0.15) is 0 Å². The molecule has 1 N–H and O–H groups in total. The summed E-state index contributed by atoms with van der Waals surface area (Å²) in [5.41, 5.74) is 2.82. The van der Waals surface area contributed by atoms with E-state index in [0.29, 0.717) is 17.0 Å². The van der Waals surface area contributed by atoms with Crippen LogP contribution in [0.5, 0.6) is 0 Å². The van der Waals surface area contributed by atoms with Crippen molar-refractivity contribution in [3.63, 3.8) is 0 Å². The molecule has 0 amide bonds. The van der Waals surface area contributed by atoms with E-state index in [1.807, 2.05) is 0 Å². The molecule has 0 heterocycles. The van der Waals surface area contributed by atoms with E-state index in [1.165, 1.54) is 56.9 Å². The monoisotopic (exact) mass is 347 g/mol. The van der Waals surface area contributed by atoms with Gasteiger partial charge in [-0.1, -0.05) is 38.8 Å². The maximum Gasteiger partial charge on any atom is 0.0608 e. The molecule has 24 heavy (non-hydrogen) atoms. The Morgan fingerprint density at radius 1 is 1.12 bits per heavy atom. The van der Waals surface area contributed by atoms with E-state index in [4.69, 9.17) is 17.0 Å². The van der Waals surface area contributed by atoms with E-state index in [2.05, 4.69) is 20.8 Å². The predicted molar refractivity (Wildman–Crippen MR) is 103 cm³/mol. The maximum atomic E-state index is 8.12. The van der Waals surface area contributed by atoms with Crippen LogP contribution in [0.2, 0.25) is 0 Å². The minimum absolute atomic E-state index is 0.641. The Hall–Kier alpha value is -0.300. The summed E-state index contributed by atoms with van der Waals surface area (Å²) < 4.78 is 0. The van der Waals surface area contributed by atoms with Gasteiger partial charge in [-0.25, -0.2) is 0 Å². The third kappa shape index (κ3) is 2.22. The molecule has 6 unspecified atom stereocenters. The molecule has 4 aliphatic rings. The third-order valence-corrected chi connectivity index (χ3v) is 9.33. The lowest BCUT2D eigenvalue weighted by Gasteiger charge is -2.55. The first-order valence-corrected chi connectivity index (χ1v) is 10.9. The number of fused-ring (bicyclic) bond motifs is 5. The van der Waals surface area contributed by atoms with E-state index in [0.717, 1.165) is 41.0 Å². The van der Waals surface area contributed by atoms with Gasteiger partial charge in [-0.3, -0.25) is 0 Å². The van der Waals surface area contributed by atoms with Crippen LogP contribution in [-0.4, -0.2) is 5.71 Å². The lowest BCUT2D eigenvalue weighted by molar-refractivity contribution is -0.0368. The zero-order chi connectivity index (χ0) is 17.1. The molecule has 1 nitrogen and oxygen atoms in total. The van der Waals surface area contributed by atoms with Crippen LogP contribution in [0.3, 0.4) is 0 Å². The van der Waals surface area contributed by atoms with Crippen LogP contribution < -0.4 is 0 Å². The Morgan fingerprint density at radius 3 is 2.62 bits per heavy atom. The first-order chi connectivity index (χ1) is 11.5. The van der Waals surface area contributed by atoms with E-state index < -0.39 is 0 Å². The number of nitrogens with one attached hydrogen (secondary N) is 1. The van der Waals surface area contributed by atoms with Crippen LogP contribution in [0.25, 0.3) is 0 Å². The van der Waals surface area contributed by atoms with Crippen LogP contribution in [0.15, 0.2) is 10.6 Å². The molecule has 7 atom stereocenters. The van der Waals surface area contributed by atoms with Crippen LogP contribution in [0.1, 0.15) is 78.6 Å². The van der Waals surface area contributed by atoms with Crippen LogP contribution in [-0.2, 0) is 0 Å². The quantitative estimate of drug-likeness (QED) is 0.567. The third-order valence-electron chi connectivity index (χ3n) is 8.86. The molecule has 0 aromatic heterocycles. The molecular formula is C22H34ClN.